The molecule has 0 atom stereocenters. The number of benzene rings is 1. The van der Waals surface area contributed by atoms with Gasteiger partial charge in [-0.1, -0.05) is 30.7 Å². The monoisotopic (exact) mass is 353 g/mol. The fourth-order valence-electron chi connectivity index (χ4n) is 3.16. The smallest absolute Gasteiger partial charge is 0.225 e. The van der Waals surface area contributed by atoms with E-state index in [1.807, 2.05) is 24.5 Å². The summed E-state index contributed by atoms with van der Waals surface area (Å²) in [5.41, 5.74) is 5.95. The van der Waals surface area contributed by atoms with Crippen LogP contribution in [-0.4, -0.2) is 26.7 Å². The van der Waals surface area contributed by atoms with E-state index < -0.39 is 0 Å². The highest BCUT2D eigenvalue weighted by molar-refractivity contribution is 6.30. The Labute approximate surface area is 152 Å². The van der Waals surface area contributed by atoms with Crippen molar-refractivity contribution in [3.05, 3.63) is 69.8 Å². The van der Waals surface area contributed by atoms with Crippen LogP contribution in [0.25, 0.3) is 0 Å². The summed E-state index contributed by atoms with van der Waals surface area (Å²) in [5, 5.41) is 8.51. The van der Waals surface area contributed by atoms with Crippen LogP contribution in [0.2, 0.25) is 5.02 Å². The van der Waals surface area contributed by atoms with Gasteiger partial charge in [0.1, 0.15) is 0 Å². The van der Waals surface area contributed by atoms with E-state index in [9.17, 15) is 0 Å². The Kier molecular flexibility index (Phi) is 4.40. The van der Waals surface area contributed by atoms with Gasteiger partial charge in [0.2, 0.25) is 5.95 Å². The number of hydrogen-bond donors (Lipinski definition) is 1. The Balaban J connectivity index is 1.55. The predicted octanol–water partition coefficient (Wildman–Crippen LogP) is 3.57. The van der Waals surface area contributed by atoms with Crippen LogP contribution in [0.5, 0.6) is 0 Å². The molecule has 1 aliphatic heterocycles. The molecule has 2 aromatic heterocycles. The average Bonchev–Trinajstić information content (AvgIpc) is 3.06. The molecule has 1 N–H and O–H groups in total. The minimum atomic E-state index is 0.756. The van der Waals surface area contributed by atoms with Crippen LogP contribution in [0.15, 0.2) is 36.7 Å². The molecule has 6 heteroatoms. The van der Waals surface area contributed by atoms with Gasteiger partial charge >= 0.3 is 0 Å². The van der Waals surface area contributed by atoms with E-state index in [1.165, 1.54) is 16.8 Å². The number of H-pyrrole nitrogens is 1. The van der Waals surface area contributed by atoms with Crippen molar-refractivity contribution >= 4 is 17.5 Å². The summed E-state index contributed by atoms with van der Waals surface area (Å²) < 4.78 is 0. The van der Waals surface area contributed by atoms with E-state index in [4.69, 9.17) is 11.6 Å². The molecule has 0 unspecified atom stereocenters. The molecule has 0 saturated carbocycles. The number of halogens is 1. The zero-order chi connectivity index (χ0) is 17.2. The number of aromatic nitrogens is 4. The van der Waals surface area contributed by atoms with Crippen molar-refractivity contribution in [1.82, 2.24) is 20.2 Å². The second-order valence-electron chi connectivity index (χ2n) is 6.35. The van der Waals surface area contributed by atoms with Crippen LogP contribution < -0.4 is 4.90 Å². The van der Waals surface area contributed by atoms with E-state index in [-0.39, 0.29) is 0 Å². The Hall–Kier alpha value is -2.40. The Bertz CT molecular complexity index is 855. The fraction of sp³-hybridized carbons (Fsp3) is 0.316. The highest BCUT2D eigenvalue weighted by Crippen LogP contribution is 2.25. The zero-order valence-corrected chi connectivity index (χ0v) is 14.9. The molecule has 3 aromatic rings. The summed E-state index contributed by atoms with van der Waals surface area (Å²) >= 11 is 5.98. The minimum absolute atomic E-state index is 0.756. The van der Waals surface area contributed by atoms with E-state index in [0.717, 1.165) is 54.6 Å². The first kappa shape index (κ1) is 16.1. The summed E-state index contributed by atoms with van der Waals surface area (Å²) in [6.07, 6.45) is 6.52. The molecule has 25 heavy (non-hydrogen) atoms. The predicted molar refractivity (Wildman–Crippen MR) is 99.0 cm³/mol. The first-order valence-electron chi connectivity index (χ1n) is 8.58. The van der Waals surface area contributed by atoms with Crippen LogP contribution in [0.1, 0.15) is 35.0 Å². The van der Waals surface area contributed by atoms with Gasteiger partial charge in [0, 0.05) is 54.6 Å². The number of aryl methyl sites for hydroxylation is 1. The van der Waals surface area contributed by atoms with Crippen LogP contribution in [0, 0.1) is 0 Å². The van der Waals surface area contributed by atoms with E-state index in [2.05, 4.69) is 44.1 Å². The maximum absolute atomic E-state index is 5.98. The maximum atomic E-state index is 5.98. The highest BCUT2D eigenvalue weighted by atomic mass is 35.5. The number of anilines is 1. The molecule has 0 bridgehead atoms. The van der Waals surface area contributed by atoms with Crippen molar-refractivity contribution in [1.29, 1.82) is 0 Å². The number of hydrogen-bond acceptors (Lipinski definition) is 4. The third-order valence-corrected chi connectivity index (χ3v) is 4.94. The van der Waals surface area contributed by atoms with E-state index in [0.29, 0.717) is 0 Å². The Morgan fingerprint density at radius 2 is 1.88 bits per heavy atom. The number of fused-ring (bicyclic) bond motifs is 1. The van der Waals surface area contributed by atoms with Gasteiger partial charge < -0.3 is 4.90 Å². The average molecular weight is 354 g/mol. The summed E-state index contributed by atoms with van der Waals surface area (Å²) in [6.45, 7) is 3.81. The third kappa shape index (κ3) is 3.37. The molecule has 5 nitrogen and oxygen atoms in total. The lowest BCUT2D eigenvalue weighted by atomic mass is 10.0. The Morgan fingerprint density at radius 3 is 2.60 bits per heavy atom. The normalized spacial score (nSPS) is 13.8. The molecule has 0 amide bonds. The molecular weight excluding hydrogens is 334 g/mol. The first-order chi connectivity index (χ1) is 12.2. The second-order valence-corrected chi connectivity index (χ2v) is 6.78. The molecule has 0 aliphatic carbocycles. The number of rotatable bonds is 4. The summed E-state index contributed by atoms with van der Waals surface area (Å²) in [7, 11) is 0. The van der Waals surface area contributed by atoms with Gasteiger partial charge in [0.05, 0.1) is 5.69 Å². The van der Waals surface area contributed by atoms with Crippen molar-refractivity contribution in [3.8, 4) is 0 Å². The van der Waals surface area contributed by atoms with Gasteiger partial charge in [0.15, 0.2) is 0 Å². The molecule has 0 saturated heterocycles. The van der Waals surface area contributed by atoms with Crippen molar-refractivity contribution in [3.63, 3.8) is 0 Å². The maximum Gasteiger partial charge on any atom is 0.225 e. The van der Waals surface area contributed by atoms with Gasteiger partial charge in [-0.25, -0.2) is 9.97 Å². The van der Waals surface area contributed by atoms with Crippen molar-refractivity contribution in [2.24, 2.45) is 0 Å². The van der Waals surface area contributed by atoms with Crippen molar-refractivity contribution in [2.45, 2.75) is 32.7 Å². The van der Waals surface area contributed by atoms with E-state index >= 15 is 0 Å². The SMILES string of the molecule is CCc1cnc(N2CCc3[nH]nc(Cc4ccc(Cl)cc4)c3C2)nc1. The largest absolute Gasteiger partial charge is 0.336 e. The van der Waals surface area contributed by atoms with Gasteiger partial charge in [-0.2, -0.15) is 5.10 Å². The lowest BCUT2D eigenvalue weighted by Gasteiger charge is -2.27. The zero-order valence-electron chi connectivity index (χ0n) is 14.2. The Morgan fingerprint density at radius 1 is 1.12 bits per heavy atom. The first-order valence-corrected chi connectivity index (χ1v) is 8.96. The lowest BCUT2D eigenvalue weighted by molar-refractivity contribution is 0.695. The van der Waals surface area contributed by atoms with Crippen LogP contribution in [0.3, 0.4) is 0 Å². The van der Waals surface area contributed by atoms with Gasteiger partial charge in [-0.05, 0) is 29.7 Å². The molecule has 1 aliphatic rings. The third-order valence-electron chi connectivity index (χ3n) is 4.69. The molecule has 3 heterocycles. The van der Waals surface area contributed by atoms with Gasteiger partial charge in [-0.3, -0.25) is 5.10 Å². The molecule has 1 aromatic carbocycles. The quantitative estimate of drug-likeness (QED) is 0.779. The number of nitrogens with one attached hydrogen (secondary N) is 1. The molecule has 0 spiro atoms. The fourth-order valence-corrected chi connectivity index (χ4v) is 3.29. The minimum Gasteiger partial charge on any atom is -0.336 e. The standard InChI is InChI=1S/C19H20ClN5/c1-2-13-10-21-19(22-11-13)25-8-7-17-16(12-25)18(24-23-17)9-14-3-5-15(20)6-4-14/h3-6,10-11H,2,7-9,12H2,1H3,(H,23,24). The van der Waals surface area contributed by atoms with E-state index in [1.54, 1.807) is 0 Å². The van der Waals surface area contributed by atoms with Crippen molar-refractivity contribution in [2.75, 3.05) is 11.4 Å². The van der Waals surface area contributed by atoms with Crippen molar-refractivity contribution < 1.29 is 0 Å². The number of aromatic amines is 1. The molecule has 128 valence electrons. The summed E-state index contributed by atoms with van der Waals surface area (Å²) in [6, 6.07) is 7.95. The molecular formula is C19H20ClN5. The summed E-state index contributed by atoms with van der Waals surface area (Å²) in [4.78, 5) is 11.3. The van der Waals surface area contributed by atoms with Gasteiger partial charge in [-0.15, -0.1) is 0 Å². The van der Waals surface area contributed by atoms with Crippen LogP contribution >= 0.6 is 11.6 Å². The van der Waals surface area contributed by atoms with Gasteiger partial charge in [0.25, 0.3) is 0 Å². The molecule has 0 fully saturated rings. The lowest BCUT2D eigenvalue weighted by Crippen LogP contribution is -2.32. The van der Waals surface area contributed by atoms with Crippen LogP contribution in [-0.2, 0) is 25.8 Å². The topological polar surface area (TPSA) is 57.7 Å². The summed E-state index contributed by atoms with van der Waals surface area (Å²) in [5.74, 6) is 0.793. The molecule has 0 radical (unpaired) electrons. The second kappa shape index (κ2) is 6.84. The number of nitrogens with zero attached hydrogens (tertiary/aromatic N) is 4. The molecule has 4 rings (SSSR count). The van der Waals surface area contributed by atoms with Crippen LogP contribution in [0.4, 0.5) is 5.95 Å². The highest BCUT2D eigenvalue weighted by Gasteiger charge is 2.23.